The fraction of sp³-hybridized carbons (Fsp3) is 0.533. The van der Waals surface area contributed by atoms with Gasteiger partial charge in [0.25, 0.3) is 0 Å². The van der Waals surface area contributed by atoms with Crippen LogP contribution in [-0.2, 0) is 4.79 Å². The number of carbonyl (C=O) groups is 1. The summed E-state index contributed by atoms with van der Waals surface area (Å²) in [5, 5.41) is 13.7. The molecule has 0 spiro atoms. The summed E-state index contributed by atoms with van der Waals surface area (Å²) < 4.78 is 0. The Bertz CT molecular complexity index is 431. The number of hydrogen-bond donors (Lipinski definition) is 2. The van der Waals surface area contributed by atoms with Crippen LogP contribution in [0.1, 0.15) is 26.7 Å². The number of amides is 1. The highest BCUT2D eigenvalue weighted by molar-refractivity contribution is 5.94. The fourth-order valence-corrected chi connectivity index (χ4v) is 2.67. The third-order valence-electron chi connectivity index (χ3n) is 3.71. The molecule has 104 valence electrons. The molecule has 0 unspecified atom stereocenters. The smallest absolute Gasteiger partial charge is 0.227 e. The molecule has 4 nitrogen and oxygen atoms in total. The van der Waals surface area contributed by atoms with Crippen LogP contribution < -0.4 is 10.2 Å². The first-order valence-electron chi connectivity index (χ1n) is 6.86. The maximum atomic E-state index is 12.3. The van der Waals surface area contributed by atoms with Crippen LogP contribution in [0.4, 0.5) is 5.69 Å². The van der Waals surface area contributed by atoms with Crippen molar-refractivity contribution >= 4 is 11.6 Å². The summed E-state index contributed by atoms with van der Waals surface area (Å²) in [6.45, 7) is 4.98. The Hall–Kier alpha value is -1.39. The van der Waals surface area contributed by atoms with Crippen LogP contribution in [-0.4, -0.2) is 35.7 Å². The number of aliphatic hydroxyl groups is 1. The summed E-state index contributed by atoms with van der Waals surface area (Å²) >= 11 is 0. The molecule has 1 aliphatic rings. The summed E-state index contributed by atoms with van der Waals surface area (Å²) in [6.07, 6.45) is 1.20. The molecule has 0 aliphatic carbocycles. The maximum absolute atomic E-state index is 12.3. The number of piperidine rings is 1. The highest BCUT2D eigenvalue weighted by Crippen LogP contribution is 2.28. The van der Waals surface area contributed by atoms with Crippen molar-refractivity contribution < 1.29 is 9.90 Å². The quantitative estimate of drug-likeness (QED) is 0.869. The van der Waals surface area contributed by atoms with Crippen molar-refractivity contribution in [1.82, 2.24) is 5.32 Å². The van der Waals surface area contributed by atoms with Crippen molar-refractivity contribution in [1.29, 1.82) is 0 Å². The van der Waals surface area contributed by atoms with Crippen LogP contribution in [0.3, 0.4) is 0 Å². The molecule has 1 aromatic carbocycles. The standard InChI is InChI=1S/C15H22N2O2/c1-3-14(18)17(12-7-5-4-6-8-12)13-9-10-16-11-15(13,2)19/h4-8,13,16,19H,3,9-11H2,1-2H3/t13-,15-/m0/s1. The van der Waals surface area contributed by atoms with E-state index in [0.717, 1.165) is 18.7 Å². The molecule has 0 aromatic heterocycles. The zero-order chi connectivity index (χ0) is 13.9. The van der Waals surface area contributed by atoms with Gasteiger partial charge >= 0.3 is 0 Å². The van der Waals surface area contributed by atoms with Gasteiger partial charge in [0.05, 0.1) is 11.6 Å². The molecule has 4 heteroatoms. The molecule has 1 aromatic rings. The number of hydrogen-bond acceptors (Lipinski definition) is 3. The Labute approximate surface area is 114 Å². The average molecular weight is 262 g/mol. The van der Waals surface area contributed by atoms with Gasteiger partial charge in [0.15, 0.2) is 0 Å². The van der Waals surface area contributed by atoms with Crippen LogP contribution in [0.5, 0.6) is 0 Å². The zero-order valence-corrected chi connectivity index (χ0v) is 11.6. The van der Waals surface area contributed by atoms with Gasteiger partial charge in [-0.05, 0) is 32.0 Å². The fourth-order valence-electron chi connectivity index (χ4n) is 2.67. The summed E-state index contributed by atoms with van der Waals surface area (Å²) in [7, 11) is 0. The molecule has 19 heavy (non-hydrogen) atoms. The largest absolute Gasteiger partial charge is 0.387 e. The van der Waals surface area contributed by atoms with E-state index < -0.39 is 5.60 Å². The summed E-state index contributed by atoms with van der Waals surface area (Å²) in [6, 6.07) is 9.43. The van der Waals surface area contributed by atoms with E-state index in [1.165, 1.54) is 0 Å². The molecule has 0 saturated carbocycles. The Morgan fingerprint density at radius 1 is 1.47 bits per heavy atom. The number of nitrogens with zero attached hydrogens (tertiary/aromatic N) is 1. The molecule has 1 aliphatic heterocycles. The first-order valence-corrected chi connectivity index (χ1v) is 6.86. The van der Waals surface area contributed by atoms with Gasteiger partial charge in [0.1, 0.15) is 0 Å². The van der Waals surface area contributed by atoms with Gasteiger partial charge in [-0.2, -0.15) is 0 Å². The maximum Gasteiger partial charge on any atom is 0.227 e. The minimum absolute atomic E-state index is 0.0541. The van der Waals surface area contributed by atoms with Gasteiger partial charge in [-0.15, -0.1) is 0 Å². The highest BCUT2D eigenvalue weighted by Gasteiger charge is 2.40. The lowest BCUT2D eigenvalue weighted by atomic mass is 9.88. The molecular formula is C15H22N2O2. The molecule has 2 rings (SSSR count). The van der Waals surface area contributed by atoms with E-state index in [2.05, 4.69) is 5.32 Å². The SMILES string of the molecule is CCC(=O)N(c1ccccc1)[C@H]1CCNC[C@]1(C)O. The van der Waals surface area contributed by atoms with Crippen molar-refractivity contribution in [3.8, 4) is 0 Å². The molecule has 1 heterocycles. The first kappa shape index (κ1) is 14.0. The summed E-state index contributed by atoms with van der Waals surface area (Å²) in [4.78, 5) is 14.1. The molecular weight excluding hydrogens is 240 g/mol. The minimum atomic E-state index is -0.904. The molecule has 1 amide bonds. The number of rotatable bonds is 3. The predicted octanol–water partition coefficient (Wildman–Crippen LogP) is 1.54. The van der Waals surface area contributed by atoms with Gasteiger partial charge in [0, 0.05) is 18.7 Å². The van der Waals surface area contributed by atoms with Crippen LogP contribution in [0.15, 0.2) is 30.3 Å². The van der Waals surface area contributed by atoms with Crippen LogP contribution in [0.25, 0.3) is 0 Å². The number of anilines is 1. The van der Waals surface area contributed by atoms with Gasteiger partial charge in [-0.25, -0.2) is 0 Å². The lowest BCUT2D eigenvalue weighted by Gasteiger charge is -2.44. The highest BCUT2D eigenvalue weighted by atomic mass is 16.3. The van der Waals surface area contributed by atoms with Crippen molar-refractivity contribution in [2.24, 2.45) is 0 Å². The first-order chi connectivity index (χ1) is 9.06. The number of carbonyl (C=O) groups excluding carboxylic acids is 1. The van der Waals surface area contributed by atoms with E-state index in [0.29, 0.717) is 13.0 Å². The Morgan fingerprint density at radius 2 is 2.16 bits per heavy atom. The van der Waals surface area contributed by atoms with Crippen LogP contribution >= 0.6 is 0 Å². The summed E-state index contributed by atoms with van der Waals surface area (Å²) in [5.74, 6) is 0.0541. The lowest BCUT2D eigenvalue weighted by molar-refractivity contribution is -0.120. The van der Waals surface area contributed by atoms with E-state index in [1.807, 2.05) is 37.3 Å². The van der Waals surface area contributed by atoms with E-state index >= 15 is 0 Å². The van der Waals surface area contributed by atoms with Crippen LogP contribution in [0.2, 0.25) is 0 Å². The molecule has 2 N–H and O–H groups in total. The van der Waals surface area contributed by atoms with Gasteiger partial charge in [0.2, 0.25) is 5.91 Å². The van der Waals surface area contributed by atoms with Crippen molar-refractivity contribution in [2.75, 3.05) is 18.0 Å². The number of β-amino-alcohol motifs (C(OH)–C–C–N with tert-alkyl or cyclic N) is 1. The minimum Gasteiger partial charge on any atom is -0.387 e. The third kappa shape index (κ3) is 2.96. The van der Waals surface area contributed by atoms with E-state index in [-0.39, 0.29) is 11.9 Å². The molecule has 0 radical (unpaired) electrons. The van der Waals surface area contributed by atoms with Gasteiger partial charge in [-0.1, -0.05) is 25.1 Å². The monoisotopic (exact) mass is 262 g/mol. The second kappa shape index (κ2) is 5.72. The average Bonchev–Trinajstić information content (AvgIpc) is 2.41. The van der Waals surface area contributed by atoms with Crippen molar-refractivity contribution in [2.45, 2.75) is 38.3 Å². The lowest BCUT2D eigenvalue weighted by Crippen LogP contribution is -2.61. The number of benzene rings is 1. The van der Waals surface area contributed by atoms with Crippen molar-refractivity contribution in [3.63, 3.8) is 0 Å². The number of para-hydroxylation sites is 1. The molecule has 1 fully saturated rings. The molecule has 0 bridgehead atoms. The second-order valence-electron chi connectivity index (χ2n) is 5.29. The van der Waals surface area contributed by atoms with Crippen molar-refractivity contribution in [3.05, 3.63) is 30.3 Å². The van der Waals surface area contributed by atoms with E-state index in [1.54, 1.807) is 11.8 Å². The zero-order valence-electron chi connectivity index (χ0n) is 11.6. The van der Waals surface area contributed by atoms with Gasteiger partial charge in [-0.3, -0.25) is 4.79 Å². The Morgan fingerprint density at radius 3 is 2.74 bits per heavy atom. The van der Waals surface area contributed by atoms with Gasteiger partial charge < -0.3 is 15.3 Å². The Kier molecular flexibility index (Phi) is 4.22. The predicted molar refractivity (Wildman–Crippen MR) is 76.1 cm³/mol. The van der Waals surface area contributed by atoms with E-state index in [4.69, 9.17) is 0 Å². The Balaban J connectivity index is 2.35. The molecule has 1 saturated heterocycles. The van der Waals surface area contributed by atoms with E-state index in [9.17, 15) is 9.90 Å². The topological polar surface area (TPSA) is 52.6 Å². The number of nitrogens with one attached hydrogen (secondary N) is 1. The normalized spacial score (nSPS) is 27.0. The molecule has 2 atom stereocenters. The summed E-state index contributed by atoms with van der Waals surface area (Å²) in [5.41, 5.74) is -0.0413. The second-order valence-corrected chi connectivity index (χ2v) is 5.29. The van der Waals surface area contributed by atoms with Crippen LogP contribution in [0, 0.1) is 0 Å². The third-order valence-corrected chi connectivity index (χ3v) is 3.71.